The van der Waals surface area contributed by atoms with Gasteiger partial charge in [-0.3, -0.25) is 4.79 Å². The lowest BCUT2D eigenvalue weighted by Gasteiger charge is -2.16. The molecule has 10 heteroatoms. The smallest absolute Gasteiger partial charge is 0.248 e. The van der Waals surface area contributed by atoms with Crippen molar-refractivity contribution in [3.8, 4) is 11.4 Å². The van der Waals surface area contributed by atoms with Crippen LogP contribution in [0.3, 0.4) is 0 Å². The molecule has 152 valence electrons. The van der Waals surface area contributed by atoms with Crippen molar-refractivity contribution in [2.75, 3.05) is 19.4 Å². The lowest BCUT2D eigenvalue weighted by Crippen LogP contribution is -2.24. The number of nitrogens with one attached hydrogen (secondary N) is 1. The molecule has 0 fully saturated rings. The van der Waals surface area contributed by atoms with E-state index in [-0.39, 0.29) is 17.3 Å². The molecule has 0 aliphatic rings. The topological polar surface area (TPSA) is 110 Å². The number of sulfonamides is 1. The number of carbonyl (C=O) groups is 1. The summed E-state index contributed by atoms with van der Waals surface area (Å²) in [4.78, 5) is 13.8. The second-order valence-corrected chi connectivity index (χ2v) is 8.91. The molecule has 29 heavy (non-hydrogen) atoms. The van der Waals surface area contributed by atoms with Crippen LogP contribution in [0.1, 0.15) is 11.1 Å². The summed E-state index contributed by atoms with van der Waals surface area (Å²) < 4.78 is 26.0. The molecule has 0 atom stereocenters. The maximum atomic E-state index is 12.5. The highest BCUT2D eigenvalue weighted by Crippen LogP contribution is 2.25. The Morgan fingerprint density at radius 2 is 1.83 bits per heavy atom. The summed E-state index contributed by atoms with van der Waals surface area (Å²) in [6.45, 7) is 3.46. The number of tetrazole rings is 1. The number of amides is 1. The van der Waals surface area contributed by atoms with Gasteiger partial charge in [0.2, 0.25) is 21.8 Å². The van der Waals surface area contributed by atoms with Crippen molar-refractivity contribution in [3.63, 3.8) is 0 Å². The summed E-state index contributed by atoms with van der Waals surface area (Å²) >= 11 is 0. The number of rotatable bonds is 6. The zero-order valence-electron chi connectivity index (χ0n) is 16.6. The molecule has 1 N–H and O–H groups in total. The minimum atomic E-state index is -3.62. The van der Waals surface area contributed by atoms with Crippen molar-refractivity contribution in [2.24, 2.45) is 0 Å². The molecule has 1 amide bonds. The maximum Gasteiger partial charge on any atom is 0.248 e. The van der Waals surface area contributed by atoms with Gasteiger partial charge >= 0.3 is 0 Å². The molecule has 0 radical (unpaired) electrons. The number of aryl methyl sites for hydroxylation is 1. The van der Waals surface area contributed by atoms with Gasteiger partial charge in [-0.05, 0) is 42.3 Å². The molecule has 3 rings (SSSR count). The Morgan fingerprint density at radius 1 is 1.14 bits per heavy atom. The average molecular weight is 414 g/mol. The summed E-state index contributed by atoms with van der Waals surface area (Å²) in [5.41, 5.74) is 2.77. The van der Waals surface area contributed by atoms with Crippen molar-refractivity contribution < 1.29 is 13.2 Å². The molecule has 1 aromatic heterocycles. The zero-order valence-corrected chi connectivity index (χ0v) is 17.4. The van der Waals surface area contributed by atoms with Gasteiger partial charge in [0.1, 0.15) is 6.54 Å². The molecule has 0 unspecified atom stereocenters. The molecule has 0 saturated carbocycles. The van der Waals surface area contributed by atoms with Gasteiger partial charge in [0.25, 0.3) is 0 Å². The minimum absolute atomic E-state index is 0.117. The van der Waals surface area contributed by atoms with Crippen molar-refractivity contribution in [1.82, 2.24) is 24.5 Å². The van der Waals surface area contributed by atoms with E-state index in [4.69, 9.17) is 0 Å². The number of aromatic nitrogens is 4. The maximum absolute atomic E-state index is 12.5. The van der Waals surface area contributed by atoms with Crippen molar-refractivity contribution in [2.45, 2.75) is 25.3 Å². The van der Waals surface area contributed by atoms with Crippen LogP contribution in [-0.4, -0.2) is 52.9 Å². The van der Waals surface area contributed by atoms with Crippen LogP contribution in [0.2, 0.25) is 0 Å². The predicted octanol–water partition coefficient (Wildman–Crippen LogP) is 1.85. The zero-order chi connectivity index (χ0) is 21.2. The van der Waals surface area contributed by atoms with Gasteiger partial charge in [0.05, 0.1) is 4.90 Å². The minimum Gasteiger partial charge on any atom is -0.324 e. The summed E-state index contributed by atoms with van der Waals surface area (Å²) in [6, 6.07) is 12.4. The van der Waals surface area contributed by atoms with Crippen LogP contribution in [-0.2, 0) is 21.4 Å². The fraction of sp³-hybridized carbons (Fsp3) is 0.263. The highest BCUT2D eigenvalue weighted by Gasteiger charge is 2.20. The molecule has 2 aromatic carbocycles. The van der Waals surface area contributed by atoms with Gasteiger partial charge in [-0.2, -0.15) is 4.80 Å². The Bertz CT molecular complexity index is 1140. The largest absolute Gasteiger partial charge is 0.324 e. The fourth-order valence-electron chi connectivity index (χ4n) is 2.65. The summed E-state index contributed by atoms with van der Waals surface area (Å²) in [6.07, 6.45) is 0. The first-order chi connectivity index (χ1) is 13.7. The van der Waals surface area contributed by atoms with E-state index in [0.29, 0.717) is 11.5 Å². The standard InChI is InChI=1S/C19H22N6O3S/c1-13-10-16(29(27,28)24(3)4)11-17(14(13)2)20-18(26)12-25-22-19(21-23-25)15-8-6-5-7-9-15/h5-11H,12H2,1-4H3,(H,20,26). The molecule has 3 aromatic rings. The third kappa shape index (κ3) is 4.49. The van der Waals surface area contributed by atoms with E-state index in [1.54, 1.807) is 13.0 Å². The highest BCUT2D eigenvalue weighted by atomic mass is 32.2. The SMILES string of the molecule is Cc1cc(S(=O)(=O)N(C)C)cc(NC(=O)Cn2nnc(-c3ccccc3)n2)c1C. The van der Waals surface area contributed by atoms with Gasteiger partial charge in [0.15, 0.2) is 0 Å². The number of hydrogen-bond donors (Lipinski definition) is 1. The number of nitrogens with zero attached hydrogens (tertiary/aromatic N) is 5. The molecule has 0 bridgehead atoms. The fourth-order valence-corrected chi connectivity index (χ4v) is 3.66. The van der Waals surface area contributed by atoms with E-state index in [1.165, 1.54) is 25.0 Å². The van der Waals surface area contributed by atoms with E-state index < -0.39 is 10.0 Å². The third-order valence-corrected chi connectivity index (χ3v) is 6.26. The normalized spacial score (nSPS) is 11.6. The van der Waals surface area contributed by atoms with Crippen LogP contribution in [0, 0.1) is 13.8 Å². The van der Waals surface area contributed by atoms with Crippen molar-refractivity contribution >= 4 is 21.6 Å². The van der Waals surface area contributed by atoms with E-state index in [1.807, 2.05) is 37.3 Å². The van der Waals surface area contributed by atoms with Gasteiger partial charge in [-0.25, -0.2) is 12.7 Å². The Balaban J connectivity index is 1.79. The monoisotopic (exact) mass is 414 g/mol. The Hall–Kier alpha value is -3.11. The first-order valence-corrected chi connectivity index (χ1v) is 10.3. The predicted molar refractivity (Wildman–Crippen MR) is 109 cm³/mol. The second kappa shape index (κ2) is 8.10. The van der Waals surface area contributed by atoms with Crippen LogP contribution in [0.15, 0.2) is 47.4 Å². The van der Waals surface area contributed by atoms with Gasteiger partial charge < -0.3 is 5.32 Å². The van der Waals surface area contributed by atoms with Crippen molar-refractivity contribution in [3.05, 3.63) is 53.6 Å². The molecule has 0 aliphatic heterocycles. The Labute approximate surface area is 169 Å². The van der Waals surface area contributed by atoms with Crippen LogP contribution >= 0.6 is 0 Å². The quantitative estimate of drug-likeness (QED) is 0.659. The van der Waals surface area contributed by atoms with E-state index in [0.717, 1.165) is 21.0 Å². The number of hydrogen-bond acceptors (Lipinski definition) is 6. The molecule has 1 heterocycles. The van der Waals surface area contributed by atoms with E-state index in [9.17, 15) is 13.2 Å². The second-order valence-electron chi connectivity index (χ2n) is 6.76. The molecule has 9 nitrogen and oxygen atoms in total. The Kier molecular flexibility index (Phi) is 5.76. The molecular weight excluding hydrogens is 392 g/mol. The van der Waals surface area contributed by atoms with Crippen LogP contribution < -0.4 is 5.32 Å². The van der Waals surface area contributed by atoms with E-state index in [2.05, 4.69) is 20.7 Å². The van der Waals surface area contributed by atoms with Gasteiger partial charge in [-0.15, -0.1) is 10.2 Å². The molecule has 0 aliphatic carbocycles. The summed E-state index contributed by atoms with van der Waals surface area (Å²) in [7, 11) is -0.695. The number of carbonyl (C=O) groups excluding carboxylic acids is 1. The number of benzene rings is 2. The third-order valence-electron chi connectivity index (χ3n) is 4.46. The summed E-state index contributed by atoms with van der Waals surface area (Å²) in [5.74, 6) is 0.0356. The van der Waals surface area contributed by atoms with Crippen LogP contribution in [0.25, 0.3) is 11.4 Å². The summed E-state index contributed by atoms with van der Waals surface area (Å²) in [5, 5.41) is 14.8. The highest BCUT2D eigenvalue weighted by molar-refractivity contribution is 7.89. The Morgan fingerprint density at radius 3 is 2.48 bits per heavy atom. The lowest BCUT2D eigenvalue weighted by atomic mass is 10.1. The van der Waals surface area contributed by atoms with Gasteiger partial charge in [0, 0.05) is 25.3 Å². The van der Waals surface area contributed by atoms with Gasteiger partial charge in [-0.1, -0.05) is 30.3 Å². The lowest BCUT2D eigenvalue weighted by molar-refractivity contribution is -0.117. The first kappa shape index (κ1) is 20.6. The van der Waals surface area contributed by atoms with E-state index >= 15 is 0 Å². The molecule has 0 spiro atoms. The van der Waals surface area contributed by atoms with Crippen molar-refractivity contribution in [1.29, 1.82) is 0 Å². The molecule has 0 saturated heterocycles. The molecular formula is C19H22N6O3S. The number of anilines is 1. The van der Waals surface area contributed by atoms with Crippen LogP contribution in [0.5, 0.6) is 0 Å². The first-order valence-electron chi connectivity index (χ1n) is 8.85. The average Bonchev–Trinajstić information content (AvgIpc) is 3.14. The van der Waals surface area contributed by atoms with Crippen LogP contribution in [0.4, 0.5) is 5.69 Å².